The SMILES string of the molecule is N[C@@H]1CCCN(C(=O)[C@H]2C[C@@H]2c2ccc(Br)cc2)C1. The molecule has 1 aromatic carbocycles. The van der Waals surface area contributed by atoms with Crippen molar-refractivity contribution in [2.24, 2.45) is 11.7 Å². The number of likely N-dealkylation sites (tertiary alicyclic amines) is 1. The summed E-state index contributed by atoms with van der Waals surface area (Å²) in [4.78, 5) is 14.4. The molecule has 3 nitrogen and oxygen atoms in total. The van der Waals surface area contributed by atoms with Crippen LogP contribution in [0.3, 0.4) is 0 Å². The van der Waals surface area contributed by atoms with E-state index in [0.717, 1.165) is 36.8 Å². The molecular weight excluding hydrogens is 304 g/mol. The zero-order valence-corrected chi connectivity index (χ0v) is 12.5. The van der Waals surface area contributed by atoms with Gasteiger partial charge < -0.3 is 10.6 Å². The predicted octanol–water partition coefficient (Wildman–Crippen LogP) is 2.50. The fraction of sp³-hybridized carbons (Fsp3) is 0.533. The van der Waals surface area contributed by atoms with Crippen LogP contribution in [0.15, 0.2) is 28.7 Å². The van der Waals surface area contributed by atoms with Gasteiger partial charge in [0.25, 0.3) is 0 Å². The van der Waals surface area contributed by atoms with Gasteiger partial charge in [-0.1, -0.05) is 28.1 Å². The highest BCUT2D eigenvalue weighted by Gasteiger charge is 2.46. The van der Waals surface area contributed by atoms with Crippen LogP contribution in [-0.4, -0.2) is 29.9 Å². The molecule has 102 valence electrons. The summed E-state index contributed by atoms with van der Waals surface area (Å²) in [5.74, 6) is 0.910. The standard InChI is InChI=1S/C15H19BrN2O/c16-11-5-3-10(4-6-11)13-8-14(13)15(19)18-7-1-2-12(17)9-18/h3-6,12-14H,1-2,7-9,17H2/t12-,13-,14+/m1/s1. The number of halogens is 1. The molecular formula is C15H19BrN2O. The lowest BCUT2D eigenvalue weighted by Gasteiger charge is -2.31. The molecule has 2 N–H and O–H groups in total. The molecule has 0 bridgehead atoms. The van der Waals surface area contributed by atoms with Crippen LogP contribution in [0.2, 0.25) is 0 Å². The first-order valence-electron chi connectivity index (χ1n) is 6.95. The Bertz CT molecular complexity index is 474. The average molecular weight is 323 g/mol. The molecule has 3 rings (SSSR count). The Hall–Kier alpha value is -0.870. The van der Waals surface area contributed by atoms with Crippen molar-refractivity contribution in [3.05, 3.63) is 34.3 Å². The van der Waals surface area contributed by atoms with Gasteiger partial charge in [-0.2, -0.15) is 0 Å². The van der Waals surface area contributed by atoms with E-state index in [2.05, 4.69) is 28.1 Å². The predicted molar refractivity (Wildman–Crippen MR) is 78.8 cm³/mol. The molecule has 0 radical (unpaired) electrons. The molecule has 2 fully saturated rings. The maximum atomic E-state index is 12.4. The van der Waals surface area contributed by atoms with Crippen molar-refractivity contribution in [2.75, 3.05) is 13.1 Å². The molecule has 2 aliphatic rings. The minimum Gasteiger partial charge on any atom is -0.341 e. The van der Waals surface area contributed by atoms with Crippen molar-refractivity contribution in [3.63, 3.8) is 0 Å². The first-order valence-corrected chi connectivity index (χ1v) is 7.74. The van der Waals surface area contributed by atoms with Crippen LogP contribution in [0.25, 0.3) is 0 Å². The molecule has 1 amide bonds. The Labute approximate surface area is 122 Å². The van der Waals surface area contributed by atoms with Crippen LogP contribution >= 0.6 is 15.9 Å². The van der Waals surface area contributed by atoms with E-state index in [-0.39, 0.29) is 12.0 Å². The molecule has 1 aromatic rings. The summed E-state index contributed by atoms with van der Waals surface area (Å²) in [5.41, 5.74) is 7.23. The summed E-state index contributed by atoms with van der Waals surface area (Å²) in [6.45, 7) is 1.62. The largest absolute Gasteiger partial charge is 0.341 e. The highest BCUT2D eigenvalue weighted by atomic mass is 79.9. The minimum atomic E-state index is 0.169. The number of carbonyl (C=O) groups is 1. The van der Waals surface area contributed by atoms with Gasteiger partial charge in [-0.05, 0) is 42.9 Å². The number of hydrogen-bond acceptors (Lipinski definition) is 2. The summed E-state index contributed by atoms with van der Waals surface area (Å²) in [6, 6.07) is 8.49. The van der Waals surface area contributed by atoms with Crippen molar-refractivity contribution < 1.29 is 4.79 Å². The van der Waals surface area contributed by atoms with E-state index < -0.39 is 0 Å². The molecule has 1 saturated heterocycles. The van der Waals surface area contributed by atoms with E-state index in [9.17, 15) is 4.79 Å². The Kier molecular flexibility index (Phi) is 3.63. The quantitative estimate of drug-likeness (QED) is 0.909. The first-order chi connectivity index (χ1) is 9.15. The Morgan fingerprint density at radius 1 is 1.32 bits per heavy atom. The van der Waals surface area contributed by atoms with E-state index >= 15 is 0 Å². The molecule has 1 aliphatic carbocycles. The minimum absolute atomic E-state index is 0.169. The second-order valence-corrected chi connectivity index (χ2v) is 6.60. The molecule has 0 spiro atoms. The van der Waals surface area contributed by atoms with Gasteiger partial charge in [0, 0.05) is 29.5 Å². The molecule has 0 unspecified atom stereocenters. The van der Waals surface area contributed by atoms with Crippen LogP contribution in [0.4, 0.5) is 0 Å². The molecule has 3 atom stereocenters. The number of rotatable bonds is 2. The maximum absolute atomic E-state index is 12.4. The van der Waals surface area contributed by atoms with Gasteiger partial charge in [-0.3, -0.25) is 4.79 Å². The van der Waals surface area contributed by atoms with Crippen molar-refractivity contribution >= 4 is 21.8 Å². The molecule has 19 heavy (non-hydrogen) atoms. The van der Waals surface area contributed by atoms with E-state index in [4.69, 9.17) is 5.73 Å². The lowest BCUT2D eigenvalue weighted by Crippen LogP contribution is -2.46. The number of carbonyl (C=O) groups excluding carboxylic acids is 1. The summed E-state index contributed by atoms with van der Waals surface area (Å²) >= 11 is 3.44. The Balaban J connectivity index is 1.62. The zero-order valence-electron chi connectivity index (χ0n) is 10.9. The summed E-state index contributed by atoms with van der Waals surface area (Å²) in [5, 5.41) is 0. The highest BCUT2D eigenvalue weighted by molar-refractivity contribution is 9.10. The van der Waals surface area contributed by atoms with Crippen LogP contribution in [0.5, 0.6) is 0 Å². The maximum Gasteiger partial charge on any atom is 0.226 e. The lowest BCUT2D eigenvalue weighted by atomic mass is 10.0. The van der Waals surface area contributed by atoms with Crippen LogP contribution in [-0.2, 0) is 4.79 Å². The van der Waals surface area contributed by atoms with Gasteiger partial charge in [-0.15, -0.1) is 0 Å². The molecule has 4 heteroatoms. The van der Waals surface area contributed by atoms with Crippen LogP contribution in [0.1, 0.15) is 30.7 Å². The molecule has 1 heterocycles. The topological polar surface area (TPSA) is 46.3 Å². The monoisotopic (exact) mass is 322 g/mol. The molecule has 0 aromatic heterocycles. The van der Waals surface area contributed by atoms with E-state index in [0.29, 0.717) is 11.8 Å². The van der Waals surface area contributed by atoms with Crippen LogP contribution in [0, 0.1) is 5.92 Å². The van der Waals surface area contributed by atoms with Gasteiger partial charge in [-0.25, -0.2) is 0 Å². The zero-order chi connectivity index (χ0) is 13.4. The Morgan fingerprint density at radius 3 is 2.74 bits per heavy atom. The Morgan fingerprint density at radius 2 is 2.05 bits per heavy atom. The van der Waals surface area contributed by atoms with E-state index in [1.165, 1.54) is 5.56 Å². The van der Waals surface area contributed by atoms with Gasteiger partial charge in [0.15, 0.2) is 0 Å². The third-order valence-electron chi connectivity index (χ3n) is 4.18. The summed E-state index contributed by atoms with van der Waals surface area (Å²) in [6.07, 6.45) is 3.08. The van der Waals surface area contributed by atoms with Crippen molar-refractivity contribution in [1.82, 2.24) is 4.90 Å². The van der Waals surface area contributed by atoms with E-state index in [1.807, 2.05) is 17.0 Å². The third-order valence-corrected chi connectivity index (χ3v) is 4.70. The summed E-state index contributed by atoms with van der Waals surface area (Å²) < 4.78 is 1.08. The number of amides is 1. The fourth-order valence-electron chi connectivity index (χ4n) is 2.99. The van der Waals surface area contributed by atoms with Gasteiger partial charge in [0.05, 0.1) is 0 Å². The van der Waals surface area contributed by atoms with E-state index in [1.54, 1.807) is 0 Å². The number of hydrogen-bond donors (Lipinski definition) is 1. The third kappa shape index (κ3) is 2.84. The average Bonchev–Trinajstić information content (AvgIpc) is 3.19. The smallest absolute Gasteiger partial charge is 0.226 e. The van der Waals surface area contributed by atoms with Crippen molar-refractivity contribution in [3.8, 4) is 0 Å². The summed E-state index contributed by atoms with van der Waals surface area (Å²) in [7, 11) is 0. The lowest BCUT2D eigenvalue weighted by molar-refractivity contribution is -0.133. The number of piperidine rings is 1. The molecule has 1 aliphatic heterocycles. The number of nitrogens with zero attached hydrogens (tertiary/aromatic N) is 1. The second-order valence-electron chi connectivity index (χ2n) is 5.69. The first kappa shape index (κ1) is 13.1. The normalized spacial score (nSPS) is 30.2. The second kappa shape index (κ2) is 5.25. The number of nitrogens with two attached hydrogens (primary N) is 1. The van der Waals surface area contributed by atoms with Crippen molar-refractivity contribution in [1.29, 1.82) is 0 Å². The number of benzene rings is 1. The van der Waals surface area contributed by atoms with Crippen LogP contribution < -0.4 is 5.73 Å². The van der Waals surface area contributed by atoms with Gasteiger partial charge >= 0.3 is 0 Å². The van der Waals surface area contributed by atoms with Gasteiger partial charge in [0.2, 0.25) is 5.91 Å². The molecule has 1 saturated carbocycles. The van der Waals surface area contributed by atoms with Gasteiger partial charge in [0.1, 0.15) is 0 Å². The highest BCUT2D eigenvalue weighted by Crippen LogP contribution is 2.48. The van der Waals surface area contributed by atoms with Crippen molar-refractivity contribution in [2.45, 2.75) is 31.2 Å². The fourth-order valence-corrected chi connectivity index (χ4v) is 3.26.